The second kappa shape index (κ2) is 7.01. The molecule has 0 unspecified atom stereocenters. The second-order valence-corrected chi connectivity index (χ2v) is 7.21. The zero-order valence-electron chi connectivity index (χ0n) is 15.3. The van der Waals surface area contributed by atoms with Crippen molar-refractivity contribution in [3.05, 3.63) is 29.8 Å². The number of carbonyl (C=O) groups is 1. The molecule has 2 N–H and O–H groups in total. The number of ether oxygens (including phenoxy) is 1. The Morgan fingerprint density at radius 1 is 1.44 bits per heavy atom. The summed E-state index contributed by atoms with van der Waals surface area (Å²) in [4.78, 5) is 14.7. The molecule has 136 valence electrons. The highest BCUT2D eigenvalue weighted by Gasteiger charge is 2.52. The molecule has 2 rings (SSSR count). The van der Waals surface area contributed by atoms with Gasteiger partial charge in [-0.15, -0.1) is 0 Å². The molecule has 0 spiro atoms. The third-order valence-electron chi connectivity index (χ3n) is 5.49. The first kappa shape index (κ1) is 19.2. The third-order valence-corrected chi connectivity index (χ3v) is 5.49. The van der Waals surface area contributed by atoms with Gasteiger partial charge in [0.25, 0.3) is 0 Å². The molecule has 0 aromatic heterocycles. The number of nitrogens with zero attached hydrogens (tertiary/aromatic N) is 2. The SMILES string of the molecule is CCC(C)(C)[C@@](N)(C(=O)N1C[C@@H](F)C[C@H]1C#N)c1ccc(OC)cc1. The molecule has 1 aromatic rings. The largest absolute Gasteiger partial charge is 0.497 e. The van der Waals surface area contributed by atoms with Gasteiger partial charge in [0.2, 0.25) is 5.91 Å². The minimum absolute atomic E-state index is 0.0352. The minimum atomic E-state index is -1.37. The maximum Gasteiger partial charge on any atom is 0.248 e. The summed E-state index contributed by atoms with van der Waals surface area (Å²) in [6.45, 7) is 5.70. The summed E-state index contributed by atoms with van der Waals surface area (Å²) in [5.41, 5.74) is 5.39. The van der Waals surface area contributed by atoms with Gasteiger partial charge >= 0.3 is 0 Å². The maximum atomic E-state index is 13.8. The van der Waals surface area contributed by atoms with Crippen LogP contribution in [-0.2, 0) is 10.3 Å². The standard InChI is InChI=1S/C19H26FN3O2/c1-5-18(2,3)19(22,13-6-8-16(25-4)9-7-13)17(24)23-12-14(20)10-15(23)11-21/h6-9,14-15H,5,10,12,22H2,1-4H3/t14-,15-,19-/m0/s1. The zero-order chi connectivity index (χ0) is 18.8. The van der Waals surface area contributed by atoms with E-state index in [9.17, 15) is 14.4 Å². The van der Waals surface area contributed by atoms with E-state index in [1.807, 2.05) is 26.8 Å². The molecule has 25 heavy (non-hydrogen) atoms. The first-order valence-electron chi connectivity index (χ1n) is 8.49. The summed E-state index contributed by atoms with van der Waals surface area (Å²) >= 11 is 0. The lowest BCUT2D eigenvalue weighted by Gasteiger charge is -2.45. The van der Waals surface area contributed by atoms with Gasteiger partial charge < -0.3 is 15.4 Å². The summed E-state index contributed by atoms with van der Waals surface area (Å²) in [6.07, 6.45) is -0.516. The number of amides is 1. The van der Waals surface area contributed by atoms with E-state index in [0.717, 1.165) is 0 Å². The molecule has 3 atom stereocenters. The zero-order valence-corrected chi connectivity index (χ0v) is 15.3. The predicted molar refractivity (Wildman–Crippen MR) is 93.6 cm³/mol. The van der Waals surface area contributed by atoms with Crippen molar-refractivity contribution in [2.24, 2.45) is 11.1 Å². The Hall–Kier alpha value is -2.13. The minimum Gasteiger partial charge on any atom is -0.497 e. The number of alkyl halides is 1. The van der Waals surface area contributed by atoms with Crippen LogP contribution in [0.15, 0.2) is 24.3 Å². The Bertz CT molecular complexity index is 668. The van der Waals surface area contributed by atoms with Crippen molar-refractivity contribution < 1.29 is 13.9 Å². The Balaban J connectivity index is 2.52. The maximum absolute atomic E-state index is 13.8. The molecule has 6 heteroatoms. The van der Waals surface area contributed by atoms with Crippen molar-refractivity contribution in [3.8, 4) is 11.8 Å². The van der Waals surface area contributed by atoms with Crippen molar-refractivity contribution in [1.82, 2.24) is 4.90 Å². The molecule has 5 nitrogen and oxygen atoms in total. The third kappa shape index (κ3) is 3.21. The first-order chi connectivity index (χ1) is 11.7. The van der Waals surface area contributed by atoms with Crippen molar-refractivity contribution in [2.45, 2.75) is 51.4 Å². The van der Waals surface area contributed by atoms with E-state index in [1.54, 1.807) is 31.4 Å². The molecule has 1 amide bonds. The van der Waals surface area contributed by atoms with Crippen molar-refractivity contribution in [3.63, 3.8) is 0 Å². The lowest BCUT2D eigenvalue weighted by molar-refractivity contribution is -0.142. The van der Waals surface area contributed by atoms with Crippen molar-refractivity contribution in [2.75, 3.05) is 13.7 Å². The average Bonchev–Trinajstić information content (AvgIpc) is 3.01. The lowest BCUT2D eigenvalue weighted by Crippen LogP contribution is -2.61. The molecule has 0 aliphatic carbocycles. The van der Waals surface area contributed by atoms with E-state index in [1.165, 1.54) is 4.90 Å². The van der Waals surface area contributed by atoms with Crippen molar-refractivity contribution in [1.29, 1.82) is 5.26 Å². The number of nitriles is 1. The molecule has 0 radical (unpaired) electrons. The number of likely N-dealkylation sites (tertiary alicyclic amines) is 1. The van der Waals surface area contributed by atoms with Crippen LogP contribution < -0.4 is 10.5 Å². The van der Waals surface area contributed by atoms with Gasteiger partial charge in [0.15, 0.2) is 0 Å². The highest BCUT2D eigenvalue weighted by atomic mass is 19.1. The van der Waals surface area contributed by atoms with Gasteiger partial charge in [0.05, 0.1) is 19.7 Å². The summed E-state index contributed by atoms with van der Waals surface area (Å²) < 4.78 is 19.0. The van der Waals surface area contributed by atoms with E-state index in [0.29, 0.717) is 17.7 Å². The summed E-state index contributed by atoms with van der Waals surface area (Å²) in [5, 5.41) is 9.30. The number of rotatable bonds is 5. The van der Waals surface area contributed by atoms with Crippen LogP contribution in [0.3, 0.4) is 0 Å². The summed E-state index contributed by atoms with van der Waals surface area (Å²) in [5.74, 6) is 0.254. The predicted octanol–water partition coefficient (Wildman–Crippen LogP) is 2.75. The number of halogens is 1. The smallest absolute Gasteiger partial charge is 0.248 e. The Morgan fingerprint density at radius 3 is 2.52 bits per heavy atom. The van der Waals surface area contributed by atoms with Gasteiger partial charge in [-0.3, -0.25) is 4.79 Å². The molecule has 1 aliphatic rings. The molecular formula is C19H26FN3O2. The summed E-state index contributed by atoms with van der Waals surface area (Å²) in [6, 6.07) is 8.27. The summed E-state index contributed by atoms with van der Waals surface area (Å²) in [7, 11) is 1.56. The van der Waals surface area contributed by atoms with Crippen LogP contribution in [0.1, 0.15) is 39.2 Å². The van der Waals surface area contributed by atoms with Gasteiger partial charge in [-0.25, -0.2) is 4.39 Å². The highest BCUT2D eigenvalue weighted by Crippen LogP contribution is 2.43. The van der Waals surface area contributed by atoms with Crippen molar-refractivity contribution >= 4 is 5.91 Å². The van der Waals surface area contributed by atoms with Crippen LogP contribution in [0.2, 0.25) is 0 Å². The number of benzene rings is 1. The highest BCUT2D eigenvalue weighted by molar-refractivity contribution is 5.89. The fourth-order valence-electron chi connectivity index (χ4n) is 3.29. The van der Waals surface area contributed by atoms with E-state index in [4.69, 9.17) is 10.5 Å². The first-order valence-corrected chi connectivity index (χ1v) is 8.49. The number of methoxy groups -OCH3 is 1. The van der Waals surface area contributed by atoms with Gasteiger partial charge in [0.1, 0.15) is 23.5 Å². The van der Waals surface area contributed by atoms with E-state index in [2.05, 4.69) is 0 Å². The van der Waals surface area contributed by atoms with Crippen LogP contribution in [0, 0.1) is 16.7 Å². The van der Waals surface area contributed by atoms with Gasteiger partial charge in [0, 0.05) is 6.42 Å². The van der Waals surface area contributed by atoms with Gasteiger partial charge in [-0.1, -0.05) is 32.9 Å². The van der Waals surface area contributed by atoms with E-state index in [-0.39, 0.29) is 13.0 Å². The monoisotopic (exact) mass is 347 g/mol. The van der Waals surface area contributed by atoms with Crippen LogP contribution in [0.4, 0.5) is 4.39 Å². The van der Waals surface area contributed by atoms with Crippen LogP contribution in [-0.4, -0.2) is 36.7 Å². The molecule has 1 saturated heterocycles. The van der Waals surface area contributed by atoms with E-state index >= 15 is 0 Å². The van der Waals surface area contributed by atoms with Gasteiger partial charge in [-0.2, -0.15) is 5.26 Å². The molecule has 1 aliphatic heterocycles. The molecule has 1 fully saturated rings. The number of hydrogen-bond acceptors (Lipinski definition) is 4. The van der Waals surface area contributed by atoms with Crippen LogP contribution >= 0.6 is 0 Å². The molecular weight excluding hydrogens is 321 g/mol. The Kier molecular flexibility index (Phi) is 5.38. The second-order valence-electron chi connectivity index (χ2n) is 7.21. The topological polar surface area (TPSA) is 79.4 Å². The van der Waals surface area contributed by atoms with Crippen LogP contribution in [0.5, 0.6) is 5.75 Å². The molecule has 1 aromatic carbocycles. The fraction of sp³-hybridized carbons (Fsp3) is 0.579. The number of carbonyl (C=O) groups excluding carboxylic acids is 1. The van der Waals surface area contributed by atoms with Gasteiger partial charge in [-0.05, 0) is 29.5 Å². The molecule has 1 heterocycles. The molecule has 0 bridgehead atoms. The quantitative estimate of drug-likeness (QED) is 0.888. The lowest BCUT2D eigenvalue weighted by atomic mass is 9.66. The van der Waals surface area contributed by atoms with E-state index < -0.39 is 29.1 Å². The average molecular weight is 347 g/mol. The number of nitrogens with two attached hydrogens (primary N) is 1. The van der Waals surface area contributed by atoms with Crippen LogP contribution in [0.25, 0.3) is 0 Å². The normalized spacial score (nSPS) is 23.0. The molecule has 0 saturated carbocycles. The Labute approximate surface area is 148 Å². The Morgan fingerprint density at radius 2 is 2.04 bits per heavy atom. The fourth-order valence-corrected chi connectivity index (χ4v) is 3.29. The number of hydrogen-bond donors (Lipinski definition) is 1.